The summed E-state index contributed by atoms with van der Waals surface area (Å²) in [6.45, 7) is 1.93. The molecule has 6 heteroatoms. The van der Waals surface area contributed by atoms with E-state index in [1.165, 1.54) is 12.1 Å². The SMILES string of the molecule is CCOC(=O)CCC(O)c1ccc(C(F)(F)F)cc1. The summed E-state index contributed by atoms with van der Waals surface area (Å²) in [5, 5.41) is 9.74. The monoisotopic (exact) mass is 276 g/mol. The molecule has 0 saturated heterocycles. The van der Waals surface area contributed by atoms with Crippen LogP contribution in [0, 0.1) is 0 Å². The number of hydrogen-bond donors (Lipinski definition) is 1. The number of halogens is 3. The second-order valence-corrected chi connectivity index (χ2v) is 3.98. The van der Waals surface area contributed by atoms with E-state index in [2.05, 4.69) is 0 Å². The molecule has 1 unspecified atom stereocenters. The van der Waals surface area contributed by atoms with Gasteiger partial charge in [0.1, 0.15) is 0 Å². The van der Waals surface area contributed by atoms with Gasteiger partial charge in [0.05, 0.1) is 18.3 Å². The predicted octanol–water partition coefficient (Wildman–Crippen LogP) is 3.08. The molecule has 19 heavy (non-hydrogen) atoms. The average Bonchev–Trinajstić information content (AvgIpc) is 2.35. The molecular formula is C13H15F3O3. The molecule has 0 radical (unpaired) electrons. The van der Waals surface area contributed by atoms with E-state index >= 15 is 0 Å². The van der Waals surface area contributed by atoms with Crippen molar-refractivity contribution in [1.29, 1.82) is 0 Å². The van der Waals surface area contributed by atoms with E-state index in [4.69, 9.17) is 4.74 Å². The number of hydrogen-bond acceptors (Lipinski definition) is 3. The van der Waals surface area contributed by atoms with Crippen molar-refractivity contribution in [3.8, 4) is 0 Å². The van der Waals surface area contributed by atoms with Crippen LogP contribution < -0.4 is 0 Å². The van der Waals surface area contributed by atoms with Crippen molar-refractivity contribution in [3.05, 3.63) is 35.4 Å². The van der Waals surface area contributed by atoms with Crippen LogP contribution in [0.5, 0.6) is 0 Å². The van der Waals surface area contributed by atoms with E-state index in [0.717, 1.165) is 12.1 Å². The number of carbonyl (C=O) groups excluding carboxylic acids is 1. The maximum atomic E-state index is 12.3. The lowest BCUT2D eigenvalue weighted by Gasteiger charge is -2.12. The van der Waals surface area contributed by atoms with Crippen molar-refractivity contribution in [3.63, 3.8) is 0 Å². The average molecular weight is 276 g/mol. The van der Waals surface area contributed by atoms with Gasteiger partial charge in [-0.1, -0.05) is 12.1 Å². The molecule has 0 spiro atoms. The highest BCUT2D eigenvalue weighted by molar-refractivity contribution is 5.69. The number of esters is 1. The molecule has 0 aliphatic heterocycles. The van der Waals surface area contributed by atoms with Crippen LogP contribution in [0.3, 0.4) is 0 Å². The van der Waals surface area contributed by atoms with Gasteiger partial charge in [-0.05, 0) is 31.0 Å². The predicted molar refractivity (Wildman–Crippen MR) is 62.3 cm³/mol. The number of rotatable bonds is 5. The second kappa shape index (κ2) is 6.56. The fourth-order valence-electron chi connectivity index (χ4n) is 1.55. The Morgan fingerprint density at radius 2 is 1.89 bits per heavy atom. The summed E-state index contributed by atoms with van der Waals surface area (Å²) >= 11 is 0. The summed E-state index contributed by atoms with van der Waals surface area (Å²) in [5.41, 5.74) is -0.425. The number of alkyl halides is 3. The van der Waals surface area contributed by atoms with Crippen LogP contribution in [0.4, 0.5) is 13.2 Å². The lowest BCUT2D eigenvalue weighted by atomic mass is 10.0. The van der Waals surface area contributed by atoms with E-state index in [9.17, 15) is 23.1 Å². The van der Waals surface area contributed by atoms with E-state index < -0.39 is 23.8 Å². The van der Waals surface area contributed by atoms with Crippen LogP contribution in [-0.2, 0) is 15.7 Å². The van der Waals surface area contributed by atoms with Gasteiger partial charge >= 0.3 is 12.1 Å². The molecule has 106 valence electrons. The van der Waals surface area contributed by atoms with Crippen molar-refractivity contribution >= 4 is 5.97 Å². The molecule has 0 aromatic heterocycles. The standard InChI is InChI=1S/C13H15F3O3/c1-2-19-12(18)8-7-11(17)9-3-5-10(6-4-9)13(14,15)16/h3-6,11,17H,2,7-8H2,1H3. The highest BCUT2D eigenvalue weighted by Gasteiger charge is 2.30. The molecule has 1 rings (SSSR count). The molecule has 0 aliphatic rings. The van der Waals surface area contributed by atoms with Crippen molar-refractivity contribution in [2.45, 2.75) is 32.0 Å². The molecular weight excluding hydrogens is 261 g/mol. The Balaban J connectivity index is 2.58. The minimum absolute atomic E-state index is 0.0238. The first-order valence-electron chi connectivity index (χ1n) is 5.85. The van der Waals surface area contributed by atoms with Gasteiger partial charge in [0.2, 0.25) is 0 Å². The largest absolute Gasteiger partial charge is 0.466 e. The van der Waals surface area contributed by atoms with E-state index in [1.807, 2.05) is 0 Å². The van der Waals surface area contributed by atoms with Gasteiger partial charge < -0.3 is 9.84 Å². The molecule has 1 atom stereocenters. The molecule has 1 N–H and O–H groups in total. The topological polar surface area (TPSA) is 46.5 Å². The van der Waals surface area contributed by atoms with Crippen molar-refractivity contribution in [1.82, 2.24) is 0 Å². The fourth-order valence-corrected chi connectivity index (χ4v) is 1.55. The Hall–Kier alpha value is -1.56. The molecule has 0 bridgehead atoms. The zero-order chi connectivity index (χ0) is 14.5. The molecule has 1 aromatic carbocycles. The van der Waals surface area contributed by atoms with Crippen LogP contribution in [0.25, 0.3) is 0 Å². The Kier molecular flexibility index (Phi) is 5.35. The normalized spacial score (nSPS) is 13.1. The van der Waals surface area contributed by atoms with Crippen molar-refractivity contribution in [2.75, 3.05) is 6.61 Å². The highest BCUT2D eigenvalue weighted by Crippen LogP contribution is 2.30. The molecule has 0 aliphatic carbocycles. The number of aliphatic hydroxyl groups is 1. The summed E-state index contributed by atoms with van der Waals surface area (Å²) in [6, 6.07) is 4.23. The molecule has 1 aromatic rings. The first-order valence-corrected chi connectivity index (χ1v) is 5.85. The quantitative estimate of drug-likeness (QED) is 0.841. The number of benzene rings is 1. The summed E-state index contributed by atoms with van der Waals surface area (Å²) in [6.07, 6.45) is -5.24. The van der Waals surface area contributed by atoms with Gasteiger partial charge in [0, 0.05) is 6.42 Å². The molecule has 3 nitrogen and oxygen atoms in total. The third-order valence-corrected chi connectivity index (χ3v) is 2.55. The Labute approximate surface area is 109 Å². The van der Waals surface area contributed by atoms with Crippen LogP contribution in [0.1, 0.15) is 37.0 Å². The Bertz CT molecular complexity index is 412. The lowest BCUT2D eigenvalue weighted by molar-refractivity contribution is -0.143. The smallest absolute Gasteiger partial charge is 0.416 e. The van der Waals surface area contributed by atoms with Gasteiger partial charge in [-0.3, -0.25) is 4.79 Å². The van der Waals surface area contributed by atoms with Crippen LogP contribution in [0.15, 0.2) is 24.3 Å². The lowest BCUT2D eigenvalue weighted by Crippen LogP contribution is -2.08. The first-order chi connectivity index (χ1) is 8.84. The fraction of sp³-hybridized carbons (Fsp3) is 0.462. The summed E-state index contributed by atoms with van der Waals surface area (Å²) < 4.78 is 41.7. The molecule has 0 amide bonds. The van der Waals surface area contributed by atoms with E-state index in [-0.39, 0.29) is 19.4 Å². The van der Waals surface area contributed by atoms with Gasteiger partial charge in [0.25, 0.3) is 0 Å². The zero-order valence-corrected chi connectivity index (χ0v) is 10.4. The molecule has 0 fully saturated rings. The zero-order valence-electron chi connectivity index (χ0n) is 10.4. The highest BCUT2D eigenvalue weighted by atomic mass is 19.4. The van der Waals surface area contributed by atoms with Crippen LogP contribution in [-0.4, -0.2) is 17.7 Å². The minimum atomic E-state index is -4.39. The van der Waals surface area contributed by atoms with Gasteiger partial charge in [-0.2, -0.15) is 13.2 Å². The third kappa shape index (κ3) is 4.90. The number of ether oxygens (including phenoxy) is 1. The summed E-state index contributed by atoms with van der Waals surface area (Å²) in [5.74, 6) is -0.437. The maximum Gasteiger partial charge on any atom is 0.416 e. The van der Waals surface area contributed by atoms with Gasteiger partial charge in [-0.15, -0.1) is 0 Å². The molecule has 0 saturated carbocycles. The van der Waals surface area contributed by atoms with Crippen LogP contribution in [0.2, 0.25) is 0 Å². The first kappa shape index (κ1) is 15.5. The van der Waals surface area contributed by atoms with Crippen LogP contribution >= 0.6 is 0 Å². The second-order valence-electron chi connectivity index (χ2n) is 3.98. The Morgan fingerprint density at radius 3 is 2.37 bits per heavy atom. The number of carbonyl (C=O) groups is 1. The minimum Gasteiger partial charge on any atom is -0.466 e. The number of aliphatic hydroxyl groups excluding tert-OH is 1. The third-order valence-electron chi connectivity index (χ3n) is 2.55. The van der Waals surface area contributed by atoms with Gasteiger partial charge in [-0.25, -0.2) is 0 Å². The van der Waals surface area contributed by atoms with E-state index in [0.29, 0.717) is 5.56 Å². The van der Waals surface area contributed by atoms with Crippen molar-refractivity contribution in [2.24, 2.45) is 0 Å². The summed E-state index contributed by atoms with van der Waals surface area (Å²) in [7, 11) is 0. The Morgan fingerprint density at radius 1 is 1.32 bits per heavy atom. The van der Waals surface area contributed by atoms with Gasteiger partial charge in [0.15, 0.2) is 0 Å². The van der Waals surface area contributed by atoms with E-state index in [1.54, 1.807) is 6.92 Å². The summed E-state index contributed by atoms with van der Waals surface area (Å²) in [4.78, 5) is 11.1. The maximum absolute atomic E-state index is 12.3. The molecule has 0 heterocycles. The van der Waals surface area contributed by atoms with Crippen molar-refractivity contribution < 1.29 is 27.8 Å².